The highest BCUT2D eigenvalue weighted by Gasteiger charge is 2.16. The zero-order chi connectivity index (χ0) is 12.8. The highest BCUT2D eigenvalue weighted by Crippen LogP contribution is 2.25. The third-order valence-corrected chi connectivity index (χ3v) is 2.31. The number of hydrogen-bond donors (Lipinski definition) is 3. The van der Waals surface area contributed by atoms with E-state index in [4.69, 9.17) is 4.74 Å². The molecule has 1 amide bonds. The topological polar surface area (TPSA) is 78.8 Å². The molecule has 1 unspecified atom stereocenters. The summed E-state index contributed by atoms with van der Waals surface area (Å²) in [5, 5.41) is 21.6. The fourth-order valence-electron chi connectivity index (χ4n) is 1.46. The molecule has 0 saturated carbocycles. The van der Waals surface area contributed by atoms with E-state index >= 15 is 0 Å². The molecule has 5 heteroatoms. The van der Waals surface area contributed by atoms with Crippen LogP contribution in [-0.2, 0) is 4.74 Å². The number of amides is 1. The van der Waals surface area contributed by atoms with Gasteiger partial charge >= 0.3 is 0 Å². The van der Waals surface area contributed by atoms with Gasteiger partial charge in [0.1, 0.15) is 17.1 Å². The number of phenols is 2. The number of carbonyl (C=O) groups excluding carboxylic acids is 1. The van der Waals surface area contributed by atoms with Crippen LogP contribution in [0.5, 0.6) is 11.5 Å². The van der Waals surface area contributed by atoms with Crippen molar-refractivity contribution < 1.29 is 19.7 Å². The number of carbonyl (C=O) groups is 1. The lowest BCUT2D eigenvalue weighted by Crippen LogP contribution is -2.30. The zero-order valence-electron chi connectivity index (χ0n) is 9.93. The predicted octanol–water partition coefficient (Wildman–Crippen LogP) is 1.11. The van der Waals surface area contributed by atoms with Crippen LogP contribution in [0.4, 0.5) is 0 Å². The molecule has 1 aromatic rings. The van der Waals surface area contributed by atoms with Gasteiger partial charge in [0.05, 0.1) is 6.61 Å². The van der Waals surface area contributed by atoms with Crippen LogP contribution in [0.25, 0.3) is 0 Å². The van der Waals surface area contributed by atoms with Gasteiger partial charge in [0, 0.05) is 13.7 Å². The fraction of sp³-hybridized carbons (Fsp3) is 0.417. The van der Waals surface area contributed by atoms with Crippen LogP contribution in [0.2, 0.25) is 0 Å². The molecule has 1 aromatic carbocycles. The first-order chi connectivity index (χ1) is 8.06. The molecule has 94 valence electrons. The molecule has 3 N–H and O–H groups in total. The Bertz CT molecular complexity index is 372. The summed E-state index contributed by atoms with van der Waals surface area (Å²) in [7, 11) is 1.59. The van der Waals surface area contributed by atoms with Crippen molar-refractivity contribution in [1.29, 1.82) is 0 Å². The third-order valence-electron chi connectivity index (χ3n) is 2.31. The number of rotatable bonds is 5. The number of benzene rings is 1. The van der Waals surface area contributed by atoms with Crippen molar-refractivity contribution in [3.63, 3.8) is 0 Å². The van der Waals surface area contributed by atoms with E-state index in [9.17, 15) is 15.0 Å². The molecule has 0 aromatic heterocycles. The Morgan fingerprint density at radius 2 is 2.00 bits per heavy atom. The van der Waals surface area contributed by atoms with E-state index in [1.54, 1.807) is 7.11 Å². The van der Waals surface area contributed by atoms with Crippen molar-refractivity contribution in [1.82, 2.24) is 5.32 Å². The van der Waals surface area contributed by atoms with Gasteiger partial charge in [-0.05, 0) is 18.1 Å². The van der Waals surface area contributed by atoms with Crippen molar-refractivity contribution >= 4 is 5.91 Å². The lowest BCUT2D eigenvalue weighted by atomic mass is 10.1. The second kappa shape index (κ2) is 6.10. The van der Waals surface area contributed by atoms with Crippen LogP contribution < -0.4 is 5.32 Å². The third kappa shape index (κ3) is 3.64. The number of aromatic hydroxyl groups is 2. The van der Waals surface area contributed by atoms with Gasteiger partial charge in [0.2, 0.25) is 0 Å². The standard InChI is InChI=1S/C12H17NO4/c1-8(7-17-2)6-13-12(16)11-9(14)4-3-5-10(11)15/h3-5,8,14-15H,6-7H2,1-2H3,(H,13,16). The van der Waals surface area contributed by atoms with Gasteiger partial charge in [-0.15, -0.1) is 0 Å². The minimum atomic E-state index is -0.497. The number of hydrogen-bond acceptors (Lipinski definition) is 4. The largest absolute Gasteiger partial charge is 0.507 e. The van der Waals surface area contributed by atoms with Gasteiger partial charge in [0.25, 0.3) is 5.91 Å². The molecule has 0 heterocycles. The van der Waals surface area contributed by atoms with Gasteiger partial charge in [-0.1, -0.05) is 13.0 Å². The van der Waals surface area contributed by atoms with Crippen LogP contribution in [0, 0.1) is 5.92 Å². The van der Waals surface area contributed by atoms with Crippen LogP contribution in [0.15, 0.2) is 18.2 Å². The Balaban J connectivity index is 2.64. The van der Waals surface area contributed by atoms with E-state index in [2.05, 4.69) is 5.32 Å². The van der Waals surface area contributed by atoms with Gasteiger partial charge in [-0.25, -0.2) is 0 Å². The lowest BCUT2D eigenvalue weighted by Gasteiger charge is -2.12. The maximum Gasteiger partial charge on any atom is 0.258 e. The van der Waals surface area contributed by atoms with Gasteiger partial charge in [-0.3, -0.25) is 4.79 Å². The summed E-state index contributed by atoms with van der Waals surface area (Å²) >= 11 is 0. The van der Waals surface area contributed by atoms with Crippen LogP contribution in [0.3, 0.4) is 0 Å². The van der Waals surface area contributed by atoms with E-state index in [0.29, 0.717) is 13.2 Å². The van der Waals surface area contributed by atoms with Crippen LogP contribution in [-0.4, -0.2) is 36.4 Å². The van der Waals surface area contributed by atoms with Crippen LogP contribution >= 0.6 is 0 Å². The summed E-state index contributed by atoms with van der Waals surface area (Å²) in [5.41, 5.74) is -0.0999. The maximum atomic E-state index is 11.7. The molecule has 5 nitrogen and oxygen atoms in total. The molecule has 0 aliphatic carbocycles. The average Bonchev–Trinajstić information content (AvgIpc) is 2.26. The van der Waals surface area contributed by atoms with Crippen molar-refractivity contribution in [3.8, 4) is 11.5 Å². The highest BCUT2D eigenvalue weighted by molar-refractivity contribution is 5.99. The van der Waals surface area contributed by atoms with E-state index in [1.165, 1.54) is 18.2 Å². The molecule has 0 spiro atoms. The highest BCUT2D eigenvalue weighted by atomic mass is 16.5. The van der Waals surface area contributed by atoms with E-state index in [-0.39, 0.29) is 23.0 Å². The molecule has 0 saturated heterocycles. The van der Waals surface area contributed by atoms with E-state index in [1.807, 2.05) is 6.92 Å². The first-order valence-corrected chi connectivity index (χ1v) is 5.34. The molecule has 0 aliphatic rings. The predicted molar refractivity (Wildman–Crippen MR) is 63.1 cm³/mol. The normalized spacial score (nSPS) is 12.1. The smallest absolute Gasteiger partial charge is 0.258 e. The first-order valence-electron chi connectivity index (χ1n) is 5.34. The Labute approximate surface area is 100 Å². The minimum Gasteiger partial charge on any atom is -0.507 e. The van der Waals surface area contributed by atoms with Crippen molar-refractivity contribution in [3.05, 3.63) is 23.8 Å². The molecule has 0 bridgehead atoms. The van der Waals surface area contributed by atoms with Gasteiger partial charge in [-0.2, -0.15) is 0 Å². The second-order valence-corrected chi connectivity index (χ2v) is 3.94. The van der Waals surface area contributed by atoms with Crippen molar-refractivity contribution in [2.45, 2.75) is 6.92 Å². The molecular weight excluding hydrogens is 222 g/mol. The SMILES string of the molecule is COCC(C)CNC(=O)c1c(O)cccc1O. The number of phenolic OH excluding ortho intramolecular Hbond substituents is 2. The van der Waals surface area contributed by atoms with Gasteiger partial charge < -0.3 is 20.3 Å². The lowest BCUT2D eigenvalue weighted by molar-refractivity contribution is 0.0928. The first kappa shape index (κ1) is 13.3. The summed E-state index contributed by atoms with van der Waals surface area (Å²) in [6.07, 6.45) is 0. The van der Waals surface area contributed by atoms with E-state index < -0.39 is 5.91 Å². The number of nitrogens with one attached hydrogen (secondary N) is 1. The zero-order valence-corrected chi connectivity index (χ0v) is 9.93. The quantitative estimate of drug-likeness (QED) is 0.719. The number of ether oxygens (including phenoxy) is 1. The Kier molecular flexibility index (Phi) is 4.78. The molecule has 0 aliphatic heterocycles. The Morgan fingerprint density at radius 1 is 1.41 bits per heavy atom. The average molecular weight is 239 g/mol. The fourth-order valence-corrected chi connectivity index (χ4v) is 1.46. The molecular formula is C12H17NO4. The van der Waals surface area contributed by atoms with E-state index in [0.717, 1.165) is 0 Å². The maximum absolute atomic E-state index is 11.7. The van der Waals surface area contributed by atoms with Crippen LogP contribution in [0.1, 0.15) is 17.3 Å². The van der Waals surface area contributed by atoms with Gasteiger partial charge in [0.15, 0.2) is 0 Å². The second-order valence-electron chi connectivity index (χ2n) is 3.94. The minimum absolute atomic E-state index is 0.0999. The Morgan fingerprint density at radius 3 is 2.53 bits per heavy atom. The van der Waals surface area contributed by atoms with Crippen molar-refractivity contribution in [2.75, 3.05) is 20.3 Å². The molecule has 1 atom stereocenters. The molecule has 0 radical (unpaired) electrons. The summed E-state index contributed by atoms with van der Waals surface area (Å²) in [5.74, 6) is -0.802. The Hall–Kier alpha value is -1.75. The molecule has 0 fully saturated rings. The van der Waals surface area contributed by atoms with Crippen molar-refractivity contribution in [2.24, 2.45) is 5.92 Å². The molecule has 1 rings (SSSR count). The summed E-state index contributed by atoms with van der Waals surface area (Å²) in [6, 6.07) is 4.18. The summed E-state index contributed by atoms with van der Waals surface area (Å²) in [6.45, 7) is 2.88. The summed E-state index contributed by atoms with van der Waals surface area (Å²) in [4.78, 5) is 11.7. The monoisotopic (exact) mass is 239 g/mol. The molecule has 17 heavy (non-hydrogen) atoms. The number of methoxy groups -OCH3 is 1. The summed E-state index contributed by atoms with van der Waals surface area (Å²) < 4.78 is 4.94.